The van der Waals surface area contributed by atoms with E-state index in [4.69, 9.17) is 14.7 Å². The first kappa shape index (κ1) is 26.4. The molecular weight excluding hydrogens is 514 g/mol. The normalized spacial score (nSPS) is 16.8. The Morgan fingerprint density at radius 2 is 1.74 bits per heavy atom. The summed E-state index contributed by atoms with van der Waals surface area (Å²) in [7, 11) is 0. The number of morpholine rings is 1. The maximum atomic E-state index is 14.1. The number of nitriles is 1. The van der Waals surface area contributed by atoms with E-state index < -0.39 is 23.3 Å². The first-order chi connectivity index (χ1) is 18.7. The first-order valence-corrected chi connectivity index (χ1v) is 12.3. The van der Waals surface area contributed by atoms with E-state index in [1.54, 1.807) is 35.2 Å². The highest BCUT2D eigenvalue weighted by Crippen LogP contribution is 2.40. The first-order valence-electron chi connectivity index (χ1n) is 12.3. The maximum Gasteiger partial charge on any atom is 0.420 e. The second-order valence-corrected chi connectivity index (χ2v) is 9.12. The van der Waals surface area contributed by atoms with Crippen molar-refractivity contribution in [3.8, 4) is 17.6 Å². The molecule has 0 atom stereocenters. The molecule has 200 valence electrons. The molecule has 6 nitrogen and oxygen atoms in total. The summed E-state index contributed by atoms with van der Waals surface area (Å²) < 4.78 is 65.4. The van der Waals surface area contributed by atoms with E-state index >= 15 is 0 Å². The molecule has 1 saturated heterocycles. The number of alkyl halides is 3. The van der Waals surface area contributed by atoms with Gasteiger partial charge < -0.3 is 14.4 Å². The summed E-state index contributed by atoms with van der Waals surface area (Å²) in [4.78, 5) is 17.2. The van der Waals surface area contributed by atoms with E-state index in [2.05, 4.69) is 4.90 Å². The van der Waals surface area contributed by atoms with Crippen LogP contribution in [0, 0.1) is 17.1 Å². The van der Waals surface area contributed by atoms with Crippen LogP contribution >= 0.6 is 0 Å². The minimum absolute atomic E-state index is 0.131. The summed E-state index contributed by atoms with van der Waals surface area (Å²) in [6.07, 6.45) is -3.08. The van der Waals surface area contributed by atoms with Gasteiger partial charge in [0.25, 0.3) is 5.91 Å². The number of rotatable bonds is 6. The Labute approximate surface area is 222 Å². The smallest absolute Gasteiger partial charge is 0.420 e. The predicted octanol–water partition coefficient (Wildman–Crippen LogP) is 5.73. The van der Waals surface area contributed by atoms with Gasteiger partial charge in [-0.3, -0.25) is 9.69 Å². The fraction of sp³-hybridized carbons (Fsp3) is 0.241. The monoisotopic (exact) mass is 537 g/mol. The molecule has 0 aromatic heterocycles. The molecule has 2 aliphatic heterocycles. The Hall–Kier alpha value is -4.20. The molecule has 1 amide bonds. The van der Waals surface area contributed by atoms with Crippen molar-refractivity contribution in [2.75, 3.05) is 44.3 Å². The van der Waals surface area contributed by atoms with Crippen LogP contribution in [0.2, 0.25) is 0 Å². The van der Waals surface area contributed by atoms with Crippen molar-refractivity contribution in [3.05, 3.63) is 88.7 Å². The fourth-order valence-electron chi connectivity index (χ4n) is 4.59. The average Bonchev–Trinajstić information content (AvgIpc) is 3.18. The number of anilines is 1. The van der Waals surface area contributed by atoms with Gasteiger partial charge in [-0.2, -0.15) is 18.4 Å². The highest BCUT2D eigenvalue weighted by molar-refractivity contribution is 6.35. The van der Waals surface area contributed by atoms with E-state index in [-0.39, 0.29) is 17.2 Å². The van der Waals surface area contributed by atoms with Crippen LogP contribution in [0.25, 0.3) is 11.6 Å². The molecule has 2 heterocycles. The topological polar surface area (TPSA) is 65.8 Å². The zero-order valence-electron chi connectivity index (χ0n) is 20.7. The third-order valence-corrected chi connectivity index (χ3v) is 6.59. The second-order valence-electron chi connectivity index (χ2n) is 9.12. The minimum atomic E-state index is -4.70. The molecule has 10 heteroatoms. The third kappa shape index (κ3) is 5.79. The lowest BCUT2D eigenvalue weighted by Crippen LogP contribution is -2.42. The van der Waals surface area contributed by atoms with Gasteiger partial charge in [0.05, 0.1) is 36.1 Å². The molecule has 1 fully saturated rings. The van der Waals surface area contributed by atoms with Gasteiger partial charge in [0.1, 0.15) is 17.3 Å². The molecule has 0 aliphatic carbocycles. The molecule has 0 radical (unpaired) electrons. The summed E-state index contributed by atoms with van der Waals surface area (Å²) >= 11 is 0. The molecule has 0 unspecified atom stereocenters. The standard InChI is InChI=1S/C29H23F4N3O3/c30-21-4-7-26-23(17-21)24(28(37)36(26)10-9-35-11-13-38-14-12-35)15-19-1-5-22(6-2-19)39-27-8-3-20(18-34)16-25(27)29(31,32)33/h1-8,15-17H,9-14H2. The highest BCUT2D eigenvalue weighted by atomic mass is 19.4. The molecule has 39 heavy (non-hydrogen) atoms. The number of hydrogen-bond acceptors (Lipinski definition) is 5. The molecule has 2 aliphatic rings. The molecule has 0 spiro atoms. The van der Waals surface area contributed by atoms with Crippen LogP contribution in [-0.2, 0) is 15.7 Å². The SMILES string of the molecule is N#Cc1ccc(Oc2ccc(C=C3C(=O)N(CCN4CCOCC4)c4ccc(F)cc43)cc2)c(C(F)(F)F)c1. The Morgan fingerprint density at radius 1 is 1.00 bits per heavy atom. The number of halogens is 4. The Bertz CT molecular complexity index is 1460. The lowest BCUT2D eigenvalue weighted by Gasteiger charge is -2.28. The Balaban J connectivity index is 1.37. The van der Waals surface area contributed by atoms with Crippen LogP contribution in [0.3, 0.4) is 0 Å². The van der Waals surface area contributed by atoms with Gasteiger partial charge in [0, 0.05) is 37.3 Å². The van der Waals surface area contributed by atoms with Crippen LogP contribution in [0.1, 0.15) is 22.3 Å². The van der Waals surface area contributed by atoms with Crippen LogP contribution in [-0.4, -0.2) is 50.2 Å². The number of carbonyl (C=O) groups excluding carboxylic acids is 1. The van der Waals surface area contributed by atoms with Gasteiger partial charge >= 0.3 is 6.18 Å². The largest absolute Gasteiger partial charge is 0.457 e. The second kappa shape index (κ2) is 10.9. The number of ether oxygens (including phenoxy) is 2. The lowest BCUT2D eigenvalue weighted by atomic mass is 10.0. The van der Waals surface area contributed by atoms with Gasteiger partial charge in [0.15, 0.2) is 0 Å². The quantitative estimate of drug-likeness (QED) is 0.297. The predicted molar refractivity (Wildman–Crippen MR) is 137 cm³/mol. The fourth-order valence-corrected chi connectivity index (χ4v) is 4.59. The number of nitrogens with zero attached hydrogens (tertiary/aromatic N) is 3. The van der Waals surface area contributed by atoms with Crippen LogP contribution in [0.5, 0.6) is 11.5 Å². The van der Waals surface area contributed by atoms with Gasteiger partial charge in [-0.1, -0.05) is 12.1 Å². The molecule has 0 bridgehead atoms. The molecular formula is C29H23F4N3O3. The van der Waals surface area contributed by atoms with Gasteiger partial charge in [-0.25, -0.2) is 4.39 Å². The summed E-state index contributed by atoms with van der Waals surface area (Å²) in [5, 5.41) is 8.94. The third-order valence-electron chi connectivity index (χ3n) is 6.59. The van der Waals surface area contributed by atoms with Crippen LogP contribution in [0.15, 0.2) is 60.7 Å². The van der Waals surface area contributed by atoms with Gasteiger partial charge in [-0.15, -0.1) is 0 Å². The van der Waals surface area contributed by atoms with Crippen LogP contribution in [0.4, 0.5) is 23.2 Å². The number of carbonyl (C=O) groups is 1. The van der Waals surface area contributed by atoms with Crippen molar-refractivity contribution >= 4 is 23.2 Å². The van der Waals surface area contributed by atoms with E-state index in [1.165, 1.54) is 30.3 Å². The van der Waals surface area contributed by atoms with Crippen LogP contribution < -0.4 is 9.64 Å². The van der Waals surface area contributed by atoms with Gasteiger partial charge in [-0.05, 0) is 60.2 Å². The van der Waals surface area contributed by atoms with Crippen molar-refractivity contribution in [2.24, 2.45) is 0 Å². The van der Waals surface area contributed by atoms with Crippen molar-refractivity contribution < 1.29 is 31.8 Å². The molecule has 0 N–H and O–H groups in total. The van der Waals surface area contributed by atoms with Crippen molar-refractivity contribution in [3.63, 3.8) is 0 Å². The van der Waals surface area contributed by atoms with E-state index in [9.17, 15) is 22.4 Å². The lowest BCUT2D eigenvalue weighted by molar-refractivity contribution is -0.138. The number of benzene rings is 3. The van der Waals surface area contributed by atoms with Crippen molar-refractivity contribution in [1.29, 1.82) is 5.26 Å². The molecule has 3 aromatic rings. The van der Waals surface area contributed by atoms with Crippen molar-refractivity contribution in [2.45, 2.75) is 6.18 Å². The van der Waals surface area contributed by atoms with Gasteiger partial charge in [0.2, 0.25) is 0 Å². The molecule has 0 saturated carbocycles. The summed E-state index contributed by atoms with van der Waals surface area (Å²) in [6.45, 7) is 3.94. The summed E-state index contributed by atoms with van der Waals surface area (Å²) in [5.41, 5.74) is 0.836. The number of amides is 1. The zero-order chi connectivity index (χ0) is 27.6. The average molecular weight is 538 g/mol. The minimum Gasteiger partial charge on any atom is -0.457 e. The summed E-state index contributed by atoms with van der Waals surface area (Å²) in [6, 6.07) is 15.2. The van der Waals surface area contributed by atoms with E-state index in [0.29, 0.717) is 48.7 Å². The number of hydrogen-bond donors (Lipinski definition) is 0. The molecule has 3 aromatic carbocycles. The van der Waals surface area contributed by atoms with E-state index in [1.807, 2.05) is 0 Å². The maximum absolute atomic E-state index is 14.1. The number of fused-ring (bicyclic) bond motifs is 1. The van der Waals surface area contributed by atoms with Crippen molar-refractivity contribution in [1.82, 2.24) is 4.90 Å². The highest BCUT2D eigenvalue weighted by Gasteiger charge is 2.35. The zero-order valence-corrected chi connectivity index (χ0v) is 20.7. The molecule has 5 rings (SSSR count). The Morgan fingerprint density at radius 3 is 2.44 bits per heavy atom. The summed E-state index contributed by atoms with van der Waals surface area (Å²) in [5.74, 6) is -1.01. The van der Waals surface area contributed by atoms with E-state index in [0.717, 1.165) is 25.2 Å². The Kier molecular flexibility index (Phi) is 7.37.